The monoisotopic (exact) mass is 276 g/mol. The lowest BCUT2D eigenvalue weighted by Gasteiger charge is -2.19. The first-order valence-electron chi connectivity index (χ1n) is 7.26. The van der Waals surface area contributed by atoms with Crippen LogP contribution in [-0.2, 0) is 17.9 Å². The van der Waals surface area contributed by atoms with E-state index >= 15 is 0 Å². The van der Waals surface area contributed by atoms with E-state index in [1.54, 1.807) is 7.11 Å². The summed E-state index contributed by atoms with van der Waals surface area (Å²) in [6.45, 7) is 4.49. The summed E-state index contributed by atoms with van der Waals surface area (Å²) in [5.74, 6) is 1.63. The Morgan fingerprint density at radius 3 is 2.85 bits per heavy atom. The minimum absolute atomic E-state index is 0.262. The molecular formula is C16H24N2O2. The van der Waals surface area contributed by atoms with Crippen molar-refractivity contribution in [3.05, 3.63) is 29.3 Å². The highest BCUT2D eigenvalue weighted by molar-refractivity contribution is 5.78. The van der Waals surface area contributed by atoms with Gasteiger partial charge in [0.15, 0.2) is 0 Å². The van der Waals surface area contributed by atoms with Crippen molar-refractivity contribution < 1.29 is 9.53 Å². The molecule has 0 radical (unpaired) electrons. The summed E-state index contributed by atoms with van der Waals surface area (Å²) >= 11 is 0. The number of likely N-dealkylation sites (tertiary alicyclic amines) is 1. The van der Waals surface area contributed by atoms with Crippen molar-refractivity contribution in [2.75, 3.05) is 20.7 Å². The van der Waals surface area contributed by atoms with Gasteiger partial charge in [0.25, 0.3) is 0 Å². The van der Waals surface area contributed by atoms with E-state index < -0.39 is 0 Å². The van der Waals surface area contributed by atoms with Crippen molar-refractivity contribution in [2.24, 2.45) is 5.92 Å². The van der Waals surface area contributed by atoms with Crippen molar-refractivity contribution in [3.8, 4) is 5.75 Å². The molecule has 0 bridgehead atoms. The van der Waals surface area contributed by atoms with Gasteiger partial charge in [0.05, 0.1) is 7.11 Å². The van der Waals surface area contributed by atoms with Crippen molar-refractivity contribution in [1.29, 1.82) is 0 Å². The smallest absolute Gasteiger partial charge is 0.223 e. The molecule has 1 aliphatic rings. The number of hydrogen-bond donors (Lipinski definition) is 1. The maximum absolute atomic E-state index is 12.0. The number of amides is 1. The molecule has 1 atom stereocenters. The Kier molecular flexibility index (Phi) is 5.01. The predicted molar refractivity (Wildman–Crippen MR) is 79.6 cm³/mol. The topological polar surface area (TPSA) is 41.6 Å². The second-order valence-electron chi connectivity index (χ2n) is 5.43. The molecule has 2 rings (SSSR count). The molecular weight excluding hydrogens is 252 g/mol. The van der Waals surface area contributed by atoms with Gasteiger partial charge in [-0.05, 0) is 30.7 Å². The van der Waals surface area contributed by atoms with E-state index in [2.05, 4.69) is 24.4 Å². The van der Waals surface area contributed by atoms with Crippen LogP contribution in [-0.4, -0.2) is 31.5 Å². The van der Waals surface area contributed by atoms with Crippen molar-refractivity contribution >= 4 is 5.91 Å². The number of nitrogens with zero attached hydrogens (tertiary/aromatic N) is 1. The van der Waals surface area contributed by atoms with Crippen LogP contribution in [0.1, 0.15) is 30.9 Å². The summed E-state index contributed by atoms with van der Waals surface area (Å²) in [4.78, 5) is 14.0. The molecule has 1 heterocycles. The summed E-state index contributed by atoms with van der Waals surface area (Å²) in [6, 6.07) is 6.17. The maximum atomic E-state index is 12.0. The Labute approximate surface area is 121 Å². The second-order valence-corrected chi connectivity index (χ2v) is 5.43. The van der Waals surface area contributed by atoms with Crippen LogP contribution >= 0.6 is 0 Å². The molecule has 1 aromatic rings. The largest absolute Gasteiger partial charge is 0.496 e. The molecule has 0 spiro atoms. The number of ether oxygens (including phenoxy) is 1. The number of carbonyl (C=O) groups is 1. The first-order valence-corrected chi connectivity index (χ1v) is 7.26. The lowest BCUT2D eigenvalue weighted by atomic mass is 10.1. The van der Waals surface area contributed by atoms with Gasteiger partial charge in [-0.25, -0.2) is 0 Å². The summed E-state index contributed by atoms with van der Waals surface area (Å²) in [5.41, 5.74) is 2.30. The number of nitrogens with one attached hydrogen (secondary N) is 1. The molecule has 1 unspecified atom stereocenters. The van der Waals surface area contributed by atoms with E-state index in [9.17, 15) is 4.79 Å². The Bertz CT molecular complexity index is 474. The van der Waals surface area contributed by atoms with Crippen LogP contribution < -0.4 is 10.1 Å². The number of hydrogen-bond acceptors (Lipinski definition) is 3. The van der Waals surface area contributed by atoms with Crippen molar-refractivity contribution in [3.63, 3.8) is 0 Å². The van der Waals surface area contributed by atoms with E-state index in [-0.39, 0.29) is 5.91 Å². The highest BCUT2D eigenvalue weighted by Gasteiger charge is 2.28. The molecule has 1 N–H and O–H groups in total. The molecule has 4 nitrogen and oxygen atoms in total. The van der Waals surface area contributed by atoms with Gasteiger partial charge >= 0.3 is 0 Å². The molecule has 0 aromatic heterocycles. The van der Waals surface area contributed by atoms with E-state index in [4.69, 9.17) is 4.74 Å². The molecule has 0 aliphatic carbocycles. The lowest BCUT2D eigenvalue weighted by molar-refractivity contribution is -0.128. The van der Waals surface area contributed by atoms with Crippen LogP contribution in [0.25, 0.3) is 0 Å². The van der Waals surface area contributed by atoms with Gasteiger partial charge in [-0.3, -0.25) is 4.79 Å². The van der Waals surface area contributed by atoms with Crippen LogP contribution in [0.2, 0.25) is 0 Å². The highest BCUT2D eigenvalue weighted by atomic mass is 16.5. The summed E-state index contributed by atoms with van der Waals surface area (Å²) < 4.78 is 5.42. The van der Waals surface area contributed by atoms with Gasteiger partial charge in [0, 0.05) is 31.6 Å². The van der Waals surface area contributed by atoms with Gasteiger partial charge in [-0.15, -0.1) is 0 Å². The zero-order chi connectivity index (χ0) is 14.5. The molecule has 1 amide bonds. The Morgan fingerprint density at radius 1 is 1.45 bits per heavy atom. The minimum Gasteiger partial charge on any atom is -0.496 e. The number of benzene rings is 1. The summed E-state index contributed by atoms with van der Waals surface area (Å²) in [6.07, 6.45) is 1.76. The molecule has 1 fully saturated rings. The normalized spacial score (nSPS) is 18.6. The van der Waals surface area contributed by atoms with Crippen LogP contribution in [0, 0.1) is 5.92 Å². The Morgan fingerprint density at radius 2 is 2.25 bits per heavy atom. The van der Waals surface area contributed by atoms with Gasteiger partial charge in [0.2, 0.25) is 5.91 Å². The van der Waals surface area contributed by atoms with Crippen LogP contribution in [0.3, 0.4) is 0 Å². The third-order valence-corrected chi connectivity index (χ3v) is 3.96. The van der Waals surface area contributed by atoms with E-state index in [0.29, 0.717) is 18.9 Å². The van der Waals surface area contributed by atoms with Crippen LogP contribution in [0.5, 0.6) is 5.75 Å². The van der Waals surface area contributed by atoms with Crippen molar-refractivity contribution in [2.45, 2.75) is 32.9 Å². The first-order chi connectivity index (χ1) is 9.67. The third kappa shape index (κ3) is 3.31. The molecule has 1 aromatic carbocycles. The number of carbonyl (C=O) groups excluding carboxylic acids is 1. The number of methoxy groups -OCH3 is 1. The summed E-state index contributed by atoms with van der Waals surface area (Å²) in [7, 11) is 3.61. The third-order valence-electron chi connectivity index (χ3n) is 3.96. The van der Waals surface area contributed by atoms with E-state index in [1.165, 1.54) is 5.56 Å². The Hall–Kier alpha value is -1.55. The van der Waals surface area contributed by atoms with Crippen LogP contribution in [0.15, 0.2) is 18.2 Å². The quantitative estimate of drug-likeness (QED) is 0.866. The zero-order valence-electron chi connectivity index (χ0n) is 12.6. The highest BCUT2D eigenvalue weighted by Crippen LogP contribution is 2.26. The van der Waals surface area contributed by atoms with Gasteiger partial charge < -0.3 is 15.0 Å². The molecule has 0 saturated carbocycles. The van der Waals surface area contributed by atoms with Gasteiger partial charge in [0.1, 0.15) is 5.75 Å². The van der Waals surface area contributed by atoms with Crippen LogP contribution in [0.4, 0.5) is 0 Å². The summed E-state index contributed by atoms with van der Waals surface area (Å²) in [5, 5.41) is 3.15. The van der Waals surface area contributed by atoms with E-state index in [0.717, 1.165) is 30.8 Å². The molecule has 1 aliphatic heterocycles. The fraction of sp³-hybridized carbons (Fsp3) is 0.562. The standard InChI is InChI=1S/C16H24N2O2/c1-4-12-8-16(19)18(10-12)11-14-7-13(9-17-2)5-6-15(14)20-3/h5-7,12,17H,4,8-11H2,1-3H3. The average molecular weight is 276 g/mol. The minimum atomic E-state index is 0.262. The first kappa shape index (κ1) is 14.9. The van der Waals surface area contributed by atoms with Crippen molar-refractivity contribution in [1.82, 2.24) is 10.2 Å². The SMILES string of the molecule is CCC1CC(=O)N(Cc2cc(CNC)ccc2OC)C1. The van der Waals surface area contributed by atoms with Gasteiger partial charge in [-0.1, -0.05) is 19.4 Å². The average Bonchev–Trinajstić information content (AvgIpc) is 2.80. The zero-order valence-corrected chi connectivity index (χ0v) is 12.6. The predicted octanol–water partition coefficient (Wildman–Crippen LogP) is 2.17. The number of rotatable bonds is 6. The molecule has 4 heteroatoms. The fourth-order valence-electron chi connectivity index (χ4n) is 2.76. The lowest BCUT2D eigenvalue weighted by Crippen LogP contribution is -2.25. The molecule has 20 heavy (non-hydrogen) atoms. The molecule has 1 saturated heterocycles. The van der Waals surface area contributed by atoms with Gasteiger partial charge in [-0.2, -0.15) is 0 Å². The second kappa shape index (κ2) is 6.75. The fourth-order valence-corrected chi connectivity index (χ4v) is 2.76. The molecule has 110 valence electrons. The maximum Gasteiger partial charge on any atom is 0.223 e. The van der Waals surface area contributed by atoms with E-state index in [1.807, 2.05) is 18.0 Å². The Balaban J connectivity index is 2.15.